The lowest BCUT2D eigenvalue weighted by Gasteiger charge is -2.08. The van der Waals surface area contributed by atoms with Crippen molar-refractivity contribution in [2.45, 2.75) is 19.9 Å². The molecule has 0 radical (unpaired) electrons. The average Bonchev–Trinajstić information content (AvgIpc) is 2.58. The maximum atomic E-state index is 11.0. The van der Waals surface area contributed by atoms with Crippen LogP contribution >= 0.6 is 0 Å². The molecule has 0 saturated heterocycles. The van der Waals surface area contributed by atoms with Gasteiger partial charge in [0.25, 0.3) is 0 Å². The first-order valence-corrected chi connectivity index (χ1v) is 5.00. The first kappa shape index (κ1) is 10.5. The molecule has 0 bridgehead atoms. The zero-order valence-electron chi connectivity index (χ0n) is 9.14. The predicted octanol–water partition coefficient (Wildman–Crippen LogP) is 1.90. The van der Waals surface area contributed by atoms with Crippen LogP contribution in [-0.4, -0.2) is 20.6 Å². The van der Waals surface area contributed by atoms with Gasteiger partial charge in [-0.25, -0.2) is 9.78 Å². The molecule has 2 rings (SSSR count). The Morgan fingerprint density at radius 1 is 1.50 bits per heavy atom. The molecule has 1 heterocycles. The third kappa shape index (κ3) is 1.50. The van der Waals surface area contributed by atoms with Crippen LogP contribution in [0.15, 0.2) is 18.5 Å². The highest BCUT2D eigenvalue weighted by Crippen LogP contribution is 2.23. The SMILES string of the molecule is CC(C)n1cnc2cc(N)c(C(=O)O)cc21. The fourth-order valence-electron chi connectivity index (χ4n) is 1.69. The van der Waals surface area contributed by atoms with Crippen LogP contribution in [0.1, 0.15) is 30.2 Å². The second-order valence-corrected chi connectivity index (χ2v) is 3.98. The van der Waals surface area contributed by atoms with Gasteiger partial charge in [0, 0.05) is 11.7 Å². The number of nitrogens with two attached hydrogens (primary N) is 1. The molecule has 0 unspecified atom stereocenters. The average molecular weight is 219 g/mol. The van der Waals surface area contributed by atoms with Crippen molar-refractivity contribution in [2.75, 3.05) is 5.73 Å². The van der Waals surface area contributed by atoms with Crippen molar-refractivity contribution in [3.05, 3.63) is 24.0 Å². The molecule has 16 heavy (non-hydrogen) atoms. The van der Waals surface area contributed by atoms with Gasteiger partial charge in [-0.15, -0.1) is 0 Å². The number of rotatable bonds is 2. The van der Waals surface area contributed by atoms with Gasteiger partial charge in [-0.3, -0.25) is 0 Å². The quantitative estimate of drug-likeness (QED) is 0.756. The van der Waals surface area contributed by atoms with Crippen LogP contribution in [0, 0.1) is 0 Å². The number of anilines is 1. The second kappa shape index (κ2) is 3.52. The molecular weight excluding hydrogens is 206 g/mol. The van der Waals surface area contributed by atoms with Gasteiger partial charge in [-0.1, -0.05) is 0 Å². The van der Waals surface area contributed by atoms with Crippen LogP contribution in [0.4, 0.5) is 5.69 Å². The van der Waals surface area contributed by atoms with E-state index in [9.17, 15) is 4.79 Å². The Balaban J connectivity index is 2.74. The van der Waals surface area contributed by atoms with E-state index in [1.54, 1.807) is 18.5 Å². The fraction of sp³-hybridized carbons (Fsp3) is 0.273. The summed E-state index contributed by atoms with van der Waals surface area (Å²) in [6, 6.07) is 3.40. The normalized spacial score (nSPS) is 11.2. The Morgan fingerprint density at radius 3 is 2.75 bits per heavy atom. The number of imidazole rings is 1. The van der Waals surface area contributed by atoms with Crippen LogP contribution in [0.2, 0.25) is 0 Å². The van der Waals surface area contributed by atoms with Crippen LogP contribution in [-0.2, 0) is 0 Å². The van der Waals surface area contributed by atoms with Crippen LogP contribution < -0.4 is 5.73 Å². The van der Waals surface area contributed by atoms with Gasteiger partial charge in [-0.2, -0.15) is 0 Å². The molecule has 3 N–H and O–H groups in total. The molecule has 2 aromatic rings. The topological polar surface area (TPSA) is 81.1 Å². The first-order chi connectivity index (χ1) is 7.50. The van der Waals surface area contributed by atoms with Crippen LogP contribution in [0.25, 0.3) is 11.0 Å². The maximum absolute atomic E-state index is 11.0. The molecule has 5 nitrogen and oxygen atoms in total. The van der Waals surface area contributed by atoms with Crippen molar-refractivity contribution in [2.24, 2.45) is 0 Å². The minimum Gasteiger partial charge on any atom is -0.478 e. The summed E-state index contributed by atoms with van der Waals surface area (Å²) >= 11 is 0. The standard InChI is InChI=1S/C11H13N3O2/c1-6(2)14-5-13-9-4-8(12)7(11(15)16)3-10(9)14/h3-6H,12H2,1-2H3,(H,15,16). The number of fused-ring (bicyclic) bond motifs is 1. The van der Waals surface area contributed by atoms with E-state index in [1.807, 2.05) is 18.4 Å². The summed E-state index contributed by atoms with van der Waals surface area (Å²) in [4.78, 5) is 15.2. The zero-order chi connectivity index (χ0) is 11.9. The van der Waals surface area contributed by atoms with E-state index in [2.05, 4.69) is 4.98 Å². The summed E-state index contributed by atoms with van der Waals surface area (Å²) in [6.07, 6.45) is 1.69. The summed E-state index contributed by atoms with van der Waals surface area (Å²) < 4.78 is 1.92. The molecule has 1 aromatic carbocycles. The van der Waals surface area contributed by atoms with Gasteiger partial charge in [0.15, 0.2) is 0 Å². The highest BCUT2D eigenvalue weighted by atomic mass is 16.4. The van der Waals surface area contributed by atoms with Gasteiger partial charge in [0.05, 0.1) is 22.9 Å². The lowest BCUT2D eigenvalue weighted by atomic mass is 10.1. The predicted molar refractivity (Wildman–Crippen MR) is 61.5 cm³/mol. The summed E-state index contributed by atoms with van der Waals surface area (Å²) in [5.41, 5.74) is 7.52. The first-order valence-electron chi connectivity index (χ1n) is 5.00. The van der Waals surface area contributed by atoms with E-state index < -0.39 is 5.97 Å². The monoisotopic (exact) mass is 219 g/mol. The Hall–Kier alpha value is -2.04. The Bertz CT molecular complexity index is 558. The molecule has 0 atom stereocenters. The van der Waals surface area contributed by atoms with Crippen molar-refractivity contribution in [1.29, 1.82) is 0 Å². The van der Waals surface area contributed by atoms with Crippen LogP contribution in [0.5, 0.6) is 0 Å². The smallest absolute Gasteiger partial charge is 0.337 e. The van der Waals surface area contributed by atoms with E-state index in [0.29, 0.717) is 0 Å². The van der Waals surface area contributed by atoms with Crippen molar-refractivity contribution < 1.29 is 9.90 Å². The molecule has 1 aromatic heterocycles. The number of aromatic nitrogens is 2. The molecule has 84 valence electrons. The lowest BCUT2D eigenvalue weighted by Crippen LogP contribution is -2.04. The van der Waals surface area contributed by atoms with Crippen molar-refractivity contribution in [3.63, 3.8) is 0 Å². The van der Waals surface area contributed by atoms with E-state index in [4.69, 9.17) is 10.8 Å². The van der Waals surface area contributed by atoms with Crippen molar-refractivity contribution in [3.8, 4) is 0 Å². The van der Waals surface area contributed by atoms with E-state index in [1.165, 1.54) is 0 Å². The largest absolute Gasteiger partial charge is 0.478 e. The number of hydrogen-bond donors (Lipinski definition) is 2. The maximum Gasteiger partial charge on any atom is 0.337 e. The Labute approximate surface area is 92.5 Å². The molecule has 0 aliphatic carbocycles. The van der Waals surface area contributed by atoms with E-state index >= 15 is 0 Å². The number of carboxylic acid groups (broad SMARTS) is 1. The molecular formula is C11H13N3O2. The molecule has 0 aliphatic heterocycles. The number of nitrogens with zero attached hydrogens (tertiary/aromatic N) is 2. The van der Waals surface area contributed by atoms with Crippen molar-refractivity contribution >= 4 is 22.7 Å². The number of aromatic carboxylic acids is 1. The van der Waals surface area contributed by atoms with Crippen LogP contribution in [0.3, 0.4) is 0 Å². The van der Waals surface area contributed by atoms with Gasteiger partial charge < -0.3 is 15.4 Å². The number of carbonyl (C=O) groups is 1. The summed E-state index contributed by atoms with van der Waals surface area (Å²) in [7, 11) is 0. The van der Waals surface area contributed by atoms with Crippen molar-refractivity contribution in [1.82, 2.24) is 9.55 Å². The highest BCUT2D eigenvalue weighted by molar-refractivity contribution is 5.98. The summed E-state index contributed by atoms with van der Waals surface area (Å²) in [5.74, 6) is -1.02. The fourth-order valence-corrected chi connectivity index (χ4v) is 1.69. The minimum atomic E-state index is -1.02. The van der Waals surface area contributed by atoms with Gasteiger partial charge in [-0.05, 0) is 26.0 Å². The third-order valence-electron chi connectivity index (χ3n) is 2.53. The summed E-state index contributed by atoms with van der Waals surface area (Å²) in [6.45, 7) is 4.02. The van der Waals surface area contributed by atoms with Gasteiger partial charge in [0.2, 0.25) is 0 Å². The van der Waals surface area contributed by atoms with Gasteiger partial charge in [0.1, 0.15) is 0 Å². The molecule has 0 fully saturated rings. The molecule has 0 spiro atoms. The number of benzene rings is 1. The molecule has 5 heteroatoms. The summed E-state index contributed by atoms with van der Waals surface area (Å²) in [5, 5.41) is 8.98. The lowest BCUT2D eigenvalue weighted by molar-refractivity contribution is 0.0698. The highest BCUT2D eigenvalue weighted by Gasteiger charge is 2.13. The Morgan fingerprint density at radius 2 is 2.19 bits per heavy atom. The second-order valence-electron chi connectivity index (χ2n) is 3.98. The zero-order valence-corrected chi connectivity index (χ0v) is 9.14. The number of nitrogen functional groups attached to an aromatic ring is 1. The third-order valence-corrected chi connectivity index (χ3v) is 2.53. The number of hydrogen-bond acceptors (Lipinski definition) is 3. The molecule has 0 saturated carbocycles. The van der Waals surface area contributed by atoms with E-state index in [0.717, 1.165) is 11.0 Å². The number of carboxylic acids is 1. The molecule has 0 aliphatic rings. The van der Waals surface area contributed by atoms with Gasteiger partial charge >= 0.3 is 5.97 Å². The molecule has 0 amide bonds. The minimum absolute atomic E-state index is 0.120. The van der Waals surface area contributed by atoms with E-state index in [-0.39, 0.29) is 17.3 Å². The Kier molecular flexibility index (Phi) is 2.30.